The minimum Gasteiger partial charge on any atom is -0.496 e. The molecule has 0 aliphatic heterocycles. The molecule has 1 N–H and O–H groups in total. The molecule has 1 rings (SSSR count). The van der Waals surface area contributed by atoms with Gasteiger partial charge in [0.25, 0.3) is 0 Å². The van der Waals surface area contributed by atoms with Crippen molar-refractivity contribution in [1.29, 1.82) is 0 Å². The molecule has 1 unspecified atom stereocenters. The predicted octanol–water partition coefficient (Wildman–Crippen LogP) is 3.54. The lowest BCUT2D eigenvalue weighted by atomic mass is 9.98. The van der Waals surface area contributed by atoms with E-state index in [1.54, 1.807) is 52.0 Å². The Labute approximate surface area is 148 Å². The smallest absolute Gasteiger partial charge is 0.408 e. The summed E-state index contributed by atoms with van der Waals surface area (Å²) in [6, 6.07) is 6.15. The van der Waals surface area contributed by atoms with Gasteiger partial charge in [-0.1, -0.05) is 24.8 Å². The first-order valence-electron chi connectivity index (χ1n) is 7.93. The summed E-state index contributed by atoms with van der Waals surface area (Å²) in [5, 5.41) is 2.67. The Morgan fingerprint density at radius 3 is 2.44 bits per heavy atom. The van der Waals surface area contributed by atoms with E-state index >= 15 is 0 Å². The molecule has 1 aromatic carbocycles. The van der Waals surface area contributed by atoms with Gasteiger partial charge in [0.2, 0.25) is 0 Å². The maximum absolute atomic E-state index is 12.3. The highest BCUT2D eigenvalue weighted by Gasteiger charge is 2.29. The number of amides is 1. The third kappa shape index (κ3) is 6.01. The van der Waals surface area contributed by atoms with Crippen LogP contribution in [0.5, 0.6) is 5.75 Å². The summed E-state index contributed by atoms with van der Waals surface area (Å²) < 4.78 is 15.7. The zero-order valence-corrected chi connectivity index (χ0v) is 15.3. The summed E-state index contributed by atoms with van der Waals surface area (Å²) >= 11 is 0. The Balaban J connectivity index is 3.29. The Bertz CT molecular complexity index is 669. The van der Waals surface area contributed by atoms with E-state index in [0.29, 0.717) is 11.3 Å². The maximum atomic E-state index is 12.3. The van der Waals surface area contributed by atoms with E-state index in [0.717, 1.165) is 0 Å². The van der Waals surface area contributed by atoms with Crippen molar-refractivity contribution >= 4 is 12.1 Å². The minimum atomic E-state index is -0.873. The summed E-state index contributed by atoms with van der Waals surface area (Å²) in [5.41, 5.74) is 2.52. The van der Waals surface area contributed by atoms with Crippen LogP contribution in [0.4, 0.5) is 4.79 Å². The first-order valence-corrected chi connectivity index (χ1v) is 7.93. The number of esters is 1. The van der Waals surface area contributed by atoms with Crippen molar-refractivity contribution in [3.8, 4) is 5.75 Å². The second kappa shape index (κ2) is 8.94. The summed E-state index contributed by atoms with van der Waals surface area (Å²) in [6.45, 7) is 10.7. The third-order valence-electron chi connectivity index (χ3n) is 3.09. The zero-order valence-electron chi connectivity index (χ0n) is 15.3. The number of hydrogen-bond donors (Lipinski definition) is 1. The van der Waals surface area contributed by atoms with Crippen LogP contribution in [0, 0.1) is 0 Å². The normalized spacial score (nSPS) is 11.7. The van der Waals surface area contributed by atoms with Crippen LogP contribution in [0.15, 0.2) is 42.1 Å². The van der Waals surface area contributed by atoms with Crippen LogP contribution in [0.25, 0.3) is 0 Å². The van der Waals surface area contributed by atoms with Gasteiger partial charge in [0.15, 0.2) is 0 Å². The number of carbonyl (C=O) groups excluding carboxylic acids is 2. The van der Waals surface area contributed by atoms with Gasteiger partial charge >= 0.3 is 12.1 Å². The van der Waals surface area contributed by atoms with Crippen molar-refractivity contribution in [3.63, 3.8) is 0 Å². The molecule has 0 aliphatic carbocycles. The van der Waals surface area contributed by atoms with Crippen LogP contribution >= 0.6 is 0 Å². The molecule has 0 saturated heterocycles. The van der Waals surface area contributed by atoms with Crippen molar-refractivity contribution in [3.05, 3.63) is 47.7 Å². The number of rotatable bonds is 6. The monoisotopic (exact) mass is 347 g/mol. The van der Waals surface area contributed by atoms with Crippen molar-refractivity contribution in [2.45, 2.75) is 39.3 Å². The van der Waals surface area contributed by atoms with Crippen LogP contribution in [-0.2, 0) is 14.3 Å². The Hall–Kier alpha value is -2.72. The lowest BCUT2D eigenvalue weighted by molar-refractivity contribution is -0.138. The number of carbonyl (C=O) groups is 2. The summed E-state index contributed by atoms with van der Waals surface area (Å²) in [6.07, 6.45) is -0.680. The molecule has 6 nitrogen and oxygen atoms in total. The molecule has 25 heavy (non-hydrogen) atoms. The molecule has 1 atom stereocenters. The van der Waals surface area contributed by atoms with E-state index in [2.05, 4.69) is 17.6 Å². The number of alkyl carbamates (subject to hydrolysis) is 1. The van der Waals surface area contributed by atoms with Gasteiger partial charge in [-0.15, -0.1) is 5.73 Å². The lowest BCUT2D eigenvalue weighted by Gasteiger charge is -2.25. The molecular formula is C19H25NO5. The molecule has 0 heterocycles. The molecule has 0 spiro atoms. The molecule has 1 aromatic rings. The molecule has 1 amide bonds. The van der Waals surface area contributed by atoms with Crippen molar-refractivity contribution in [1.82, 2.24) is 5.32 Å². The SMILES string of the molecule is C=C=C(C(=O)OCC)C(NC(=O)OC(C)(C)C)c1ccccc1OC. The van der Waals surface area contributed by atoms with Gasteiger partial charge in [0.05, 0.1) is 13.7 Å². The topological polar surface area (TPSA) is 73.9 Å². The van der Waals surface area contributed by atoms with Crippen molar-refractivity contribution in [2.24, 2.45) is 0 Å². The summed E-state index contributed by atoms with van der Waals surface area (Å²) in [7, 11) is 1.50. The van der Waals surface area contributed by atoms with E-state index in [-0.39, 0.29) is 12.2 Å². The van der Waals surface area contributed by atoms with Gasteiger partial charge in [-0.05, 0) is 33.8 Å². The van der Waals surface area contributed by atoms with Gasteiger partial charge in [-0.2, -0.15) is 0 Å². The largest absolute Gasteiger partial charge is 0.496 e. The number of ether oxygens (including phenoxy) is 3. The number of benzene rings is 1. The molecule has 136 valence electrons. The average molecular weight is 347 g/mol. The fourth-order valence-electron chi connectivity index (χ4n) is 2.14. The van der Waals surface area contributed by atoms with Crippen LogP contribution in [-0.4, -0.2) is 31.4 Å². The standard InChI is InChI=1S/C19H25NO5/c1-7-13(17(21)24-8-2)16(20-18(22)25-19(3,4)5)14-11-9-10-12-15(14)23-6/h9-12,16H,1,8H2,2-6H3,(H,20,22). The fourth-order valence-corrected chi connectivity index (χ4v) is 2.14. The number of methoxy groups -OCH3 is 1. The molecule has 0 fully saturated rings. The lowest BCUT2D eigenvalue weighted by Crippen LogP contribution is -2.37. The first kappa shape index (κ1) is 20.3. The van der Waals surface area contributed by atoms with Crippen LogP contribution in [0.2, 0.25) is 0 Å². The number of nitrogens with one attached hydrogen (secondary N) is 1. The van der Waals surface area contributed by atoms with E-state index in [1.165, 1.54) is 7.11 Å². The van der Waals surface area contributed by atoms with E-state index < -0.39 is 23.7 Å². The Kier molecular flexibility index (Phi) is 7.27. The quantitative estimate of drug-likeness (QED) is 0.484. The second-order valence-electron chi connectivity index (χ2n) is 6.13. The summed E-state index contributed by atoms with van der Waals surface area (Å²) in [5.74, 6) is -0.120. The predicted molar refractivity (Wildman–Crippen MR) is 94.4 cm³/mol. The van der Waals surface area contributed by atoms with Gasteiger partial charge < -0.3 is 19.5 Å². The minimum absolute atomic E-state index is 0.0669. The van der Waals surface area contributed by atoms with Gasteiger partial charge in [0.1, 0.15) is 23.0 Å². The Morgan fingerprint density at radius 1 is 1.28 bits per heavy atom. The Morgan fingerprint density at radius 2 is 1.92 bits per heavy atom. The highest BCUT2D eigenvalue weighted by molar-refractivity contribution is 5.91. The highest BCUT2D eigenvalue weighted by atomic mass is 16.6. The maximum Gasteiger partial charge on any atom is 0.408 e. The van der Waals surface area contributed by atoms with Crippen LogP contribution < -0.4 is 10.1 Å². The van der Waals surface area contributed by atoms with E-state index in [1.807, 2.05) is 0 Å². The van der Waals surface area contributed by atoms with Gasteiger partial charge in [-0.25, -0.2) is 9.59 Å². The van der Waals surface area contributed by atoms with Gasteiger partial charge in [-0.3, -0.25) is 0 Å². The molecule has 0 aliphatic rings. The molecule has 6 heteroatoms. The zero-order chi connectivity index (χ0) is 19.0. The molecule has 0 aromatic heterocycles. The molecule has 0 saturated carbocycles. The summed E-state index contributed by atoms with van der Waals surface area (Å²) in [4.78, 5) is 24.5. The average Bonchev–Trinajstić information content (AvgIpc) is 2.53. The highest BCUT2D eigenvalue weighted by Crippen LogP contribution is 2.30. The second-order valence-corrected chi connectivity index (χ2v) is 6.13. The third-order valence-corrected chi connectivity index (χ3v) is 3.09. The van der Waals surface area contributed by atoms with Crippen molar-refractivity contribution < 1.29 is 23.8 Å². The molecular weight excluding hydrogens is 322 g/mol. The van der Waals surface area contributed by atoms with Crippen molar-refractivity contribution in [2.75, 3.05) is 13.7 Å². The number of hydrogen-bond acceptors (Lipinski definition) is 5. The van der Waals surface area contributed by atoms with Gasteiger partial charge in [0, 0.05) is 5.56 Å². The molecule has 0 bridgehead atoms. The fraction of sp³-hybridized carbons (Fsp3) is 0.421. The molecule has 0 radical (unpaired) electrons. The number of para-hydroxylation sites is 1. The van der Waals surface area contributed by atoms with Crippen LogP contribution in [0.1, 0.15) is 39.3 Å². The van der Waals surface area contributed by atoms with E-state index in [4.69, 9.17) is 14.2 Å². The van der Waals surface area contributed by atoms with E-state index in [9.17, 15) is 9.59 Å². The first-order chi connectivity index (χ1) is 11.7. The van der Waals surface area contributed by atoms with Crippen LogP contribution in [0.3, 0.4) is 0 Å².